The van der Waals surface area contributed by atoms with Gasteiger partial charge in [-0.3, -0.25) is 9.88 Å². The number of pyridine rings is 1. The minimum Gasteiger partial charge on any atom is -0.379 e. The number of hydrogen-bond donors (Lipinski definition) is 0. The van der Waals surface area contributed by atoms with Gasteiger partial charge in [-0.2, -0.15) is 0 Å². The minimum absolute atomic E-state index is 0.890. The van der Waals surface area contributed by atoms with E-state index in [2.05, 4.69) is 34.0 Å². The summed E-state index contributed by atoms with van der Waals surface area (Å²) in [6.45, 7) is 7.33. The van der Waals surface area contributed by atoms with Gasteiger partial charge in [0.2, 0.25) is 0 Å². The SMILES string of the molecule is CN(CCc1ccncc1)CCN1CCOCC1. The summed E-state index contributed by atoms with van der Waals surface area (Å²) < 4.78 is 5.35. The van der Waals surface area contributed by atoms with Crippen LogP contribution in [-0.2, 0) is 11.2 Å². The van der Waals surface area contributed by atoms with E-state index in [-0.39, 0.29) is 0 Å². The molecule has 2 heterocycles. The standard InChI is InChI=1S/C14H23N3O/c1-16(7-4-14-2-5-15-6-3-14)8-9-17-10-12-18-13-11-17/h2-3,5-6H,4,7-13H2,1H3. The number of hydrogen-bond acceptors (Lipinski definition) is 4. The molecule has 0 amide bonds. The molecule has 4 nitrogen and oxygen atoms in total. The predicted octanol–water partition coefficient (Wildman–Crippen LogP) is 0.888. The van der Waals surface area contributed by atoms with Crippen LogP contribution >= 0.6 is 0 Å². The van der Waals surface area contributed by atoms with Crippen LogP contribution in [0.1, 0.15) is 5.56 Å². The maximum Gasteiger partial charge on any atom is 0.0594 e. The smallest absolute Gasteiger partial charge is 0.0594 e. The zero-order valence-corrected chi connectivity index (χ0v) is 11.2. The number of aromatic nitrogens is 1. The Bertz CT molecular complexity index is 325. The average Bonchev–Trinajstić information content (AvgIpc) is 2.45. The second kappa shape index (κ2) is 7.46. The molecule has 0 unspecified atom stereocenters. The average molecular weight is 249 g/mol. The van der Waals surface area contributed by atoms with Crippen LogP contribution in [0.15, 0.2) is 24.5 Å². The molecule has 100 valence electrons. The van der Waals surface area contributed by atoms with Gasteiger partial charge in [-0.05, 0) is 31.2 Å². The molecule has 0 aromatic carbocycles. The third kappa shape index (κ3) is 4.72. The van der Waals surface area contributed by atoms with E-state index in [4.69, 9.17) is 4.74 Å². The summed E-state index contributed by atoms with van der Waals surface area (Å²) in [6.07, 6.45) is 4.83. The minimum atomic E-state index is 0.890. The van der Waals surface area contributed by atoms with Crippen LogP contribution in [-0.4, -0.2) is 67.8 Å². The summed E-state index contributed by atoms with van der Waals surface area (Å²) in [7, 11) is 2.20. The van der Waals surface area contributed by atoms with Gasteiger partial charge >= 0.3 is 0 Å². The van der Waals surface area contributed by atoms with E-state index < -0.39 is 0 Å². The highest BCUT2D eigenvalue weighted by Crippen LogP contribution is 2.00. The molecule has 18 heavy (non-hydrogen) atoms. The summed E-state index contributed by atoms with van der Waals surface area (Å²) in [6, 6.07) is 4.19. The Morgan fingerprint density at radius 3 is 2.67 bits per heavy atom. The molecule has 0 N–H and O–H groups in total. The maximum atomic E-state index is 5.35. The second-order valence-electron chi connectivity index (χ2n) is 4.86. The lowest BCUT2D eigenvalue weighted by Gasteiger charge is -2.28. The van der Waals surface area contributed by atoms with Crippen molar-refractivity contribution in [2.45, 2.75) is 6.42 Å². The Morgan fingerprint density at radius 1 is 1.22 bits per heavy atom. The summed E-state index contributed by atoms with van der Waals surface area (Å²) in [5.74, 6) is 0. The zero-order chi connectivity index (χ0) is 12.6. The highest BCUT2D eigenvalue weighted by Gasteiger charge is 2.10. The Balaban J connectivity index is 1.61. The molecule has 0 radical (unpaired) electrons. The first-order chi connectivity index (χ1) is 8.84. The van der Waals surface area contributed by atoms with Gasteiger partial charge < -0.3 is 9.64 Å². The van der Waals surface area contributed by atoms with Crippen LogP contribution in [0.2, 0.25) is 0 Å². The van der Waals surface area contributed by atoms with Gasteiger partial charge in [0.25, 0.3) is 0 Å². The molecule has 0 saturated carbocycles. The molecule has 1 aromatic rings. The third-order valence-electron chi connectivity index (χ3n) is 3.43. The summed E-state index contributed by atoms with van der Waals surface area (Å²) in [4.78, 5) is 8.92. The molecule has 1 aliphatic rings. The van der Waals surface area contributed by atoms with Gasteiger partial charge in [0.1, 0.15) is 0 Å². The van der Waals surface area contributed by atoms with Crippen molar-refractivity contribution in [3.63, 3.8) is 0 Å². The van der Waals surface area contributed by atoms with E-state index in [1.165, 1.54) is 5.56 Å². The number of morpholine rings is 1. The predicted molar refractivity (Wildman–Crippen MR) is 72.7 cm³/mol. The molecular formula is C14H23N3O. The van der Waals surface area contributed by atoms with E-state index in [1.54, 1.807) is 0 Å². The molecule has 1 aliphatic heterocycles. The van der Waals surface area contributed by atoms with Gasteiger partial charge in [0.05, 0.1) is 13.2 Å². The molecular weight excluding hydrogens is 226 g/mol. The van der Waals surface area contributed by atoms with Crippen molar-refractivity contribution in [1.29, 1.82) is 0 Å². The molecule has 1 saturated heterocycles. The van der Waals surface area contributed by atoms with Crippen LogP contribution < -0.4 is 0 Å². The van der Waals surface area contributed by atoms with Crippen molar-refractivity contribution in [1.82, 2.24) is 14.8 Å². The Hall–Kier alpha value is -0.970. The van der Waals surface area contributed by atoms with E-state index >= 15 is 0 Å². The lowest BCUT2D eigenvalue weighted by atomic mass is 10.2. The largest absolute Gasteiger partial charge is 0.379 e. The fourth-order valence-corrected chi connectivity index (χ4v) is 2.12. The van der Waals surface area contributed by atoms with Gasteiger partial charge in [0, 0.05) is 45.1 Å². The topological polar surface area (TPSA) is 28.6 Å². The molecule has 0 atom stereocenters. The van der Waals surface area contributed by atoms with E-state index in [1.807, 2.05) is 12.4 Å². The quantitative estimate of drug-likeness (QED) is 0.748. The fourth-order valence-electron chi connectivity index (χ4n) is 2.12. The van der Waals surface area contributed by atoms with Gasteiger partial charge in [-0.15, -0.1) is 0 Å². The molecule has 0 spiro atoms. The fraction of sp³-hybridized carbons (Fsp3) is 0.643. The number of ether oxygens (including phenoxy) is 1. The van der Waals surface area contributed by atoms with Crippen LogP contribution in [0, 0.1) is 0 Å². The van der Waals surface area contributed by atoms with E-state index in [9.17, 15) is 0 Å². The lowest BCUT2D eigenvalue weighted by Crippen LogP contribution is -2.41. The van der Waals surface area contributed by atoms with Crippen LogP contribution in [0.4, 0.5) is 0 Å². The normalized spacial score (nSPS) is 17.2. The van der Waals surface area contributed by atoms with Crippen molar-refractivity contribution in [3.8, 4) is 0 Å². The molecule has 4 heteroatoms. The Kier molecular flexibility index (Phi) is 5.58. The molecule has 0 bridgehead atoms. The first-order valence-corrected chi connectivity index (χ1v) is 6.72. The van der Waals surface area contributed by atoms with Gasteiger partial charge in [-0.1, -0.05) is 0 Å². The lowest BCUT2D eigenvalue weighted by molar-refractivity contribution is 0.0345. The number of nitrogens with zero attached hydrogens (tertiary/aromatic N) is 3. The monoisotopic (exact) mass is 249 g/mol. The molecule has 1 fully saturated rings. The summed E-state index contributed by atoms with van der Waals surface area (Å²) >= 11 is 0. The van der Waals surface area contributed by atoms with Crippen LogP contribution in [0.3, 0.4) is 0 Å². The van der Waals surface area contributed by atoms with Crippen molar-refractivity contribution in [2.24, 2.45) is 0 Å². The van der Waals surface area contributed by atoms with Crippen molar-refractivity contribution < 1.29 is 4.74 Å². The Morgan fingerprint density at radius 2 is 1.94 bits per heavy atom. The summed E-state index contributed by atoms with van der Waals surface area (Å²) in [5.41, 5.74) is 1.36. The van der Waals surface area contributed by atoms with Crippen molar-refractivity contribution in [3.05, 3.63) is 30.1 Å². The second-order valence-corrected chi connectivity index (χ2v) is 4.86. The molecule has 1 aromatic heterocycles. The van der Waals surface area contributed by atoms with Gasteiger partial charge in [0.15, 0.2) is 0 Å². The van der Waals surface area contributed by atoms with Gasteiger partial charge in [-0.25, -0.2) is 0 Å². The molecule has 0 aliphatic carbocycles. The maximum absolute atomic E-state index is 5.35. The van der Waals surface area contributed by atoms with Crippen LogP contribution in [0.5, 0.6) is 0 Å². The van der Waals surface area contributed by atoms with E-state index in [0.717, 1.165) is 52.4 Å². The Labute approximate surface area is 110 Å². The highest BCUT2D eigenvalue weighted by molar-refractivity contribution is 5.09. The van der Waals surface area contributed by atoms with Crippen molar-refractivity contribution in [2.75, 3.05) is 53.0 Å². The molecule has 2 rings (SSSR count). The number of rotatable bonds is 6. The van der Waals surface area contributed by atoms with E-state index in [0.29, 0.717) is 0 Å². The highest BCUT2D eigenvalue weighted by atomic mass is 16.5. The zero-order valence-electron chi connectivity index (χ0n) is 11.2. The third-order valence-corrected chi connectivity index (χ3v) is 3.43. The first-order valence-electron chi connectivity index (χ1n) is 6.72. The first kappa shape index (κ1) is 13.5. The van der Waals surface area contributed by atoms with Crippen LogP contribution in [0.25, 0.3) is 0 Å². The number of likely N-dealkylation sites (N-methyl/N-ethyl adjacent to an activating group) is 1. The van der Waals surface area contributed by atoms with Crippen molar-refractivity contribution >= 4 is 0 Å². The summed E-state index contributed by atoms with van der Waals surface area (Å²) in [5, 5.41) is 0.